The average molecular weight is 353 g/mol. The highest BCUT2D eigenvalue weighted by Crippen LogP contribution is 2.37. The highest BCUT2D eigenvalue weighted by molar-refractivity contribution is 6.15. The van der Waals surface area contributed by atoms with E-state index in [1.165, 1.54) is 55.9 Å². The topological polar surface area (TPSA) is 57.7 Å². The summed E-state index contributed by atoms with van der Waals surface area (Å²) in [5, 5.41) is 1.21. The van der Waals surface area contributed by atoms with E-state index in [-0.39, 0.29) is 18.6 Å². The molecule has 2 heterocycles. The molecule has 0 amide bonds. The standard InChI is InChI=1S/C21H27N3O2/c1-24-13-17-19(15-10-6-7-11-16(15)23-17)20(22-12-18(25)26-2)21(24)14-8-4-3-5-9-14/h6-7,10-11,14,21,23H,3-5,8-9,12-13H2,1-2H3. The van der Waals surface area contributed by atoms with Gasteiger partial charge in [-0.15, -0.1) is 0 Å². The lowest BCUT2D eigenvalue weighted by atomic mass is 9.78. The summed E-state index contributed by atoms with van der Waals surface area (Å²) in [5.41, 5.74) is 4.60. The van der Waals surface area contributed by atoms with Crippen molar-refractivity contribution in [1.29, 1.82) is 0 Å². The molecule has 2 aromatic rings. The Kier molecular flexibility index (Phi) is 4.81. The molecule has 1 aromatic carbocycles. The minimum Gasteiger partial charge on any atom is -0.468 e. The zero-order valence-corrected chi connectivity index (χ0v) is 15.6. The SMILES string of the molecule is COC(=O)CN=C1c2c([nH]c3ccccc23)CN(C)C1C1CCCCC1. The van der Waals surface area contributed by atoms with E-state index in [0.717, 1.165) is 17.8 Å². The summed E-state index contributed by atoms with van der Waals surface area (Å²) in [6, 6.07) is 8.66. The number of esters is 1. The van der Waals surface area contributed by atoms with Crippen molar-refractivity contribution < 1.29 is 9.53 Å². The number of benzene rings is 1. The van der Waals surface area contributed by atoms with Gasteiger partial charge in [0, 0.05) is 28.7 Å². The second-order valence-corrected chi connectivity index (χ2v) is 7.56. The summed E-state index contributed by atoms with van der Waals surface area (Å²) in [6.45, 7) is 0.976. The van der Waals surface area contributed by atoms with Gasteiger partial charge < -0.3 is 9.72 Å². The number of methoxy groups -OCH3 is 1. The Hall–Kier alpha value is -2.14. The molecular weight excluding hydrogens is 326 g/mol. The minimum atomic E-state index is -0.283. The number of carbonyl (C=O) groups is 1. The van der Waals surface area contributed by atoms with Gasteiger partial charge in [0.05, 0.1) is 18.9 Å². The van der Waals surface area contributed by atoms with Crippen LogP contribution in [0, 0.1) is 5.92 Å². The van der Waals surface area contributed by atoms with Crippen molar-refractivity contribution >= 4 is 22.6 Å². The summed E-state index contributed by atoms with van der Waals surface area (Å²) in [7, 11) is 3.60. The molecule has 1 atom stereocenters. The molecule has 4 rings (SSSR count). The number of carbonyl (C=O) groups excluding carboxylic acids is 1. The smallest absolute Gasteiger partial charge is 0.327 e. The zero-order chi connectivity index (χ0) is 18.1. The normalized spacial score (nSPS) is 23.3. The van der Waals surface area contributed by atoms with Crippen LogP contribution in [0.1, 0.15) is 43.4 Å². The van der Waals surface area contributed by atoms with Crippen molar-refractivity contribution in [3.05, 3.63) is 35.5 Å². The van der Waals surface area contributed by atoms with Gasteiger partial charge in [-0.3, -0.25) is 14.7 Å². The second-order valence-electron chi connectivity index (χ2n) is 7.56. The highest BCUT2D eigenvalue weighted by atomic mass is 16.5. The van der Waals surface area contributed by atoms with Gasteiger partial charge in [-0.05, 0) is 31.9 Å². The molecule has 1 aromatic heterocycles. The molecule has 2 aliphatic rings. The molecule has 5 nitrogen and oxygen atoms in total. The summed E-state index contributed by atoms with van der Waals surface area (Å²) in [5.74, 6) is 0.321. The number of aromatic amines is 1. The van der Waals surface area contributed by atoms with Gasteiger partial charge >= 0.3 is 5.97 Å². The number of para-hydroxylation sites is 1. The van der Waals surface area contributed by atoms with Crippen LogP contribution in [0.5, 0.6) is 0 Å². The fourth-order valence-corrected chi connectivity index (χ4v) is 4.73. The summed E-state index contributed by atoms with van der Waals surface area (Å²) in [6.07, 6.45) is 6.40. The number of hydrogen-bond acceptors (Lipinski definition) is 4. The molecule has 5 heteroatoms. The molecule has 138 valence electrons. The number of likely N-dealkylation sites (N-methyl/N-ethyl adjacent to an activating group) is 1. The molecule has 1 unspecified atom stereocenters. The van der Waals surface area contributed by atoms with Crippen LogP contribution >= 0.6 is 0 Å². The highest BCUT2D eigenvalue weighted by Gasteiger charge is 2.37. The van der Waals surface area contributed by atoms with E-state index < -0.39 is 0 Å². The molecule has 1 saturated carbocycles. The number of rotatable bonds is 3. The maximum absolute atomic E-state index is 11.8. The van der Waals surface area contributed by atoms with E-state index in [1.54, 1.807) is 0 Å². The largest absolute Gasteiger partial charge is 0.468 e. The molecule has 0 spiro atoms. The van der Waals surface area contributed by atoms with Crippen LogP contribution in [0.3, 0.4) is 0 Å². The van der Waals surface area contributed by atoms with Gasteiger partial charge in [0.1, 0.15) is 6.54 Å². The minimum absolute atomic E-state index is 0.0852. The van der Waals surface area contributed by atoms with E-state index in [0.29, 0.717) is 5.92 Å². The van der Waals surface area contributed by atoms with Crippen LogP contribution in [-0.4, -0.2) is 48.3 Å². The molecule has 1 N–H and O–H groups in total. The van der Waals surface area contributed by atoms with Gasteiger partial charge in [0.2, 0.25) is 0 Å². The second kappa shape index (κ2) is 7.23. The van der Waals surface area contributed by atoms with Gasteiger partial charge in [0.25, 0.3) is 0 Å². The molecule has 0 radical (unpaired) electrons. The third-order valence-electron chi connectivity index (χ3n) is 5.90. The van der Waals surface area contributed by atoms with Gasteiger partial charge in [-0.1, -0.05) is 37.5 Å². The van der Waals surface area contributed by atoms with Crippen molar-refractivity contribution in [2.75, 3.05) is 20.7 Å². The molecular formula is C21H27N3O2. The van der Waals surface area contributed by atoms with Crippen molar-refractivity contribution in [2.24, 2.45) is 10.9 Å². The third-order valence-corrected chi connectivity index (χ3v) is 5.90. The summed E-state index contributed by atoms with van der Waals surface area (Å²) < 4.78 is 4.84. The first-order valence-corrected chi connectivity index (χ1v) is 9.60. The maximum Gasteiger partial charge on any atom is 0.327 e. The van der Waals surface area contributed by atoms with Gasteiger partial charge in [-0.2, -0.15) is 0 Å². The Morgan fingerprint density at radius 2 is 2.04 bits per heavy atom. The third kappa shape index (κ3) is 3.05. The van der Waals surface area contributed by atoms with Crippen molar-refractivity contribution in [3.63, 3.8) is 0 Å². The van der Waals surface area contributed by atoms with E-state index >= 15 is 0 Å². The lowest BCUT2D eigenvalue weighted by molar-refractivity contribution is -0.138. The van der Waals surface area contributed by atoms with E-state index in [9.17, 15) is 4.79 Å². The fourth-order valence-electron chi connectivity index (χ4n) is 4.73. The van der Waals surface area contributed by atoms with E-state index in [4.69, 9.17) is 9.73 Å². The van der Waals surface area contributed by atoms with Crippen molar-refractivity contribution in [1.82, 2.24) is 9.88 Å². The number of H-pyrrole nitrogens is 1. The van der Waals surface area contributed by atoms with E-state index in [2.05, 4.69) is 41.2 Å². The van der Waals surface area contributed by atoms with Gasteiger partial charge in [0.15, 0.2) is 0 Å². The number of hydrogen-bond donors (Lipinski definition) is 1. The quantitative estimate of drug-likeness (QED) is 0.859. The number of aliphatic imine (C=N–C) groups is 1. The van der Waals surface area contributed by atoms with Gasteiger partial charge in [-0.25, -0.2) is 0 Å². The molecule has 1 aliphatic carbocycles. The van der Waals surface area contributed by atoms with Crippen molar-refractivity contribution in [3.8, 4) is 0 Å². The first-order valence-electron chi connectivity index (χ1n) is 9.60. The van der Waals surface area contributed by atoms with Crippen LogP contribution < -0.4 is 0 Å². The lowest BCUT2D eigenvalue weighted by Gasteiger charge is -2.40. The Morgan fingerprint density at radius 3 is 2.81 bits per heavy atom. The van der Waals surface area contributed by atoms with Crippen LogP contribution in [0.15, 0.2) is 29.3 Å². The number of nitrogens with zero attached hydrogens (tertiary/aromatic N) is 2. The lowest BCUT2D eigenvalue weighted by Crippen LogP contribution is -2.48. The average Bonchev–Trinajstić information content (AvgIpc) is 3.04. The predicted molar refractivity (Wildman–Crippen MR) is 104 cm³/mol. The van der Waals surface area contributed by atoms with E-state index in [1.807, 2.05) is 0 Å². The number of ether oxygens (including phenoxy) is 1. The fraction of sp³-hybridized carbons (Fsp3) is 0.524. The van der Waals surface area contributed by atoms with Crippen molar-refractivity contribution in [2.45, 2.75) is 44.7 Å². The predicted octanol–water partition coefficient (Wildman–Crippen LogP) is 3.52. The van der Waals surface area contributed by atoms with Crippen LogP contribution in [0.2, 0.25) is 0 Å². The molecule has 26 heavy (non-hydrogen) atoms. The Morgan fingerprint density at radius 1 is 1.27 bits per heavy atom. The number of nitrogens with one attached hydrogen (secondary N) is 1. The maximum atomic E-state index is 11.8. The Balaban J connectivity index is 1.82. The molecule has 0 saturated heterocycles. The monoisotopic (exact) mass is 353 g/mol. The molecule has 0 bridgehead atoms. The Labute approximate surface area is 154 Å². The summed E-state index contributed by atoms with van der Waals surface area (Å²) in [4.78, 5) is 22.6. The van der Waals surface area contributed by atoms with Crippen LogP contribution in [-0.2, 0) is 16.1 Å². The first kappa shape index (κ1) is 17.3. The number of aromatic nitrogens is 1. The number of fused-ring (bicyclic) bond motifs is 3. The van der Waals surface area contributed by atoms with Crippen LogP contribution in [0.4, 0.5) is 0 Å². The summed E-state index contributed by atoms with van der Waals surface area (Å²) >= 11 is 0. The van der Waals surface area contributed by atoms with Crippen LogP contribution in [0.25, 0.3) is 10.9 Å². The molecule has 1 aliphatic heterocycles. The first-order chi connectivity index (χ1) is 12.7. The zero-order valence-electron chi connectivity index (χ0n) is 15.6. The molecule has 1 fully saturated rings. The Bertz CT molecular complexity index is 833.